The summed E-state index contributed by atoms with van der Waals surface area (Å²) in [6.07, 6.45) is 2.16. The molecule has 21 heavy (non-hydrogen) atoms. The summed E-state index contributed by atoms with van der Waals surface area (Å²) >= 11 is 1.44. The second kappa shape index (κ2) is 5.85. The molecule has 0 radical (unpaired) electrons. The summed E-state index contributed by atoms with van der Waals surface area (Å²) in [5, 5.41) is 5.99. The third kappa shape index (κ3) is 3.07. The number of likely N-dealkylation sites (tertiary alicyclic amines) is 1. The van der Waals surface area contributed by atoms with E-state index >= 15 is 0 Å². The van der Waals surface area contributed by atoms with Crippen molar-refractivity contribution in [3.8, 4) is 10.8 Å². The van der Waals surface area contributed by atoms with Gasteiger partial charge in [0.2, 0.25) is 5.91 Å². The summed E-state index contributed by atoms with van der Waals surface area (Å²) in [4.78, 5) is 26.6. The number of rotatable bonds is 3. The fraction of sp³-hybridized carbons (Fsp3) is 0.500. The van der Waals surface area contributed by atoms with Crippen LogP contribution >= 0.6 is 11.3 Å². The maximum atomic E-state index is 12.2. The minimum atomic E-state index is -0.586. The van der Waals surface area contributed by atoms with Crippen molar-refractivity contribution in [2.24, 2.45) is 5.92 Å². The summed E-state index contributed by atoms with van der Waals surface area (Å²) in [5.74, 6) is 0.125. The number of nitrogens with zero attached hydrogens (tertiary/aromatic N) is 3. The summed E-state index contributed by atoms with van der Waals surface area (Å²) in [5.41, 5.74) is 0. The third-order valence-corrected chi connectivity index (χ3v) is 4.49. The minimum absolute atomic E-state index is 0.0551. The third-order valence-electron chi connectivity index (χ3n) is 3.63. The van der Waals surface area contributed by atoms with Crippen molar-refractivity contribution in [3.63, 3.8) is 0 Å². The first-order valence-corrected chi connectivity index (χ1v) is 7.91. The molecule has 2 aromatic rings. The van der Waals surface area contributed by atoms with E-state index in [1.54, 1.807) is 4.90 Å². The minimum Gasteiger partial charge on any atom is -0.387 e. The zero-order valence-electron chi connectivity index (χ0n) is 11.8. The second-order valence-electron chi connectivity index (χ2n) is 5.40. The largest absolute Gasteiger partial charge is 0.437 e. The van der Waals surface area contributed by atoms with Crippen molar-refractivity contribution in [2.75, 3.05) is 13.1 Å². The van der Waals surface area contributed by atoms with Crippen molar-refractivity contribution in [1.82, 2.24) is 14.7 Å². The number of thiophene rings is 1. The van der Waals surface area contributed by atoms with Crippen LogP contribution in [0.1, 0.15) is 19.8 Å². The van der Waals surface area contributed by atoms with Crippen LogP contribution in [-0.4, -0.2) is 33.7 Å². The Balaban J connectivity index is 1.73. The SMILES string of the molecule is CC1CCCN(C(=O)Cn2nc(-c3cccs3)oc2=O)C1. The van der Waals surface area contributed by atoms with Crippen LogP contribution in [0.4, 0.5) is 0 Å². The van der Waals surface area contributed by atoms with Gasteiger partial charge in [-0.1, -0.05) is 13.0 Å². The highest BCUT2D eigenvalue weighted by Gasteiger charge is 2.22. The highest BCUT2D eigenvalue weighted by molar-refractivity contribution is 7.13. The van der Waals surface area contributed by atoms with Crippen LogP contribution in [0.5, 0.6) is 0 Å². The van der Waals surface area contributed by atoms with Gasteiger partial charge in [0.15, 0.2) is 0 Å². The van der Waals surface area contributed by atoms with Gasteiger partial charge in [-0.2, -0.15) is 4.68 Å². The van der Waals surface area contributed by atoms with Crippen molar-refractivity contribution in [2.45, 2.75) is 26.3 Å². The van der Waals surface area contributed by atoms with E-state index in [0.717, 1.165) is 35.5 Å². The number of hydrogen-bond donors (Lipinski definition) is 0. The predicted octanol–water partition coefficient (Wildman–Crippen LogP) is 1.82. The molecule has 0 aliphatic carbocycles. The normalized spacial score (nSPS) is 18.9. The Hall–Kier alpha value is -1.89. The molecular formula is C14H17N3O3S. The molecule has 6 nitrogen and oxygen atoms in total. The van der Waals surface area contributed by atoms with Crippen LogP contribution < -0.4 is 5.76 Å². The lowest BCUT2D eigenvalue weighted by molar-refractivity contribution is -0.133. The lowest BCUT2D eigenvalue weighted by Crippen LogP contribution is -2.42. The van der Waals surface area contributed by atoms with E-state index in [1.165, 1.54) is 11.3 Å². The maximum absolute atomic E-state index is 12.2. The molecule has 1 saturated heterocycles. The zero-order valence-corrected chi connectivity index (χ0v) is 12.6. The average Bonchev–Trinajstić information content (AvgIpc) is 3.09. The molecule has 7 heteroatoms. The van der Waals surface area contributed by atoms with E-state index in [2.05, 4.69) is 12.0 Å². The number of hydrogen-bond acceptors (Lipinski definition) is 5. The van der Waals surface area contributed by atoms with Crippen LogP contribution in [0, 0.1) is 5.92 Å². The molecule has 1 atom stereocenters. The van der Waals surface area contributed by atoms with Crippen LogP contribution in [0.3, 0.4) is 0 Å². The first kappa shape index (κ1) is 14.1. The van der Waals surface area contributed by atoms with Gasteiger partial charge in [0.05, 0.1) is 4.88 Å². The van der Waals surface area contributed by atoms with Gasteiger partial charge in [0.1, 0.15) is 6.54 Å². The molecule has 0 bridgehead atoms. The van der Waals surface area contributed by atoms with Crippen LogP contribution in [0.15, 0.2) is 26.7 Å². The lowest BCUT2D eigenvalue weighted by Gasteiger charge is -2.30. The molecule has 3 heterocycles. The summed E-state index contributed by atoms with van der Waals surface area (Å²) in [6.45, 7) is 3.59. The summed E-state index contributed by atoms with van der Waals surface area (Å²) in [7, 11) is 0. The molecule has 0 N–H and O–H groups in total. The molecule has 0 spiro atoms. The Kier molecular flexibility index (Phi) is 3.92. The molecule has 2 aromatic heterocycles. The van der Waals surface area contributed by atoms with Gasteiger partial charge in [0.25, 0.3) is 5.89 Å². The molecule has 1 unspecified atom stereocenters. The van der Waals surface area contributed by atoms with Gasteiger partial charge in [-0.3, -0.25) is 4.79 Å². The van der Waals surface area contributed by atoms with Crippen LogP contribution in [0.25, 0.3) is 10.8 Å². The van der Waals surface area contributed by atoms with Gasteiger partial charge in [0, 0.05) is 13.1 Å². The highest BCUT2D eigenvalue weighted by atomic mass is 32.1. The number of piperidine rings is 1. The lowest BCUT2D eigenvalue weighted by atomic mass is 10.0. The summed E-state index contributed by atoms with van der Waals surface area (Å²) < 4.78 is 6.21. The fourth-order valence-electron chi connectivity index (χ4n) is 2.55. The standard InChI is InChI=1S/C14H17N3O3S/c1-10-4-2-6-16(8-10)12(18)9-17-14(19)20-13(15-17)11-5-3-7-21-11/h3,5,7,10H,2,4,6,8-9H2,1H3. The van der Waals surface area contributed by atoms with E-state index in [9.17, 15) is 9.59 Å². The highest BCUT2D eigenvalue weighted by Crippen LogP contribution is 2.21. The Bertz CT molecular complexity index is 674. The Morgan fingerprint density at radius 2 is 2.43 bits per heavy atom. The van der Waals surface area contributed by atoms with Crippen molar-refractivity contribution in [3.05, 3.63) is 28.1 Å². The Morgan fingerprint density at radius 3 is 3.14 bits per heavy atom. The molecule has 1 amide bonds. The molecule has 0 aromatic carbocycles. The number of amides is 1. The smallest absolute Gasteiger partial charge is 0.387 e. The first-order chi connectivity index (χ1) is 10.1. The Morgan fingerprint density at radius 1 is 1.57 bits per heavy atom. The van der Waals surface area contributed by atoms with Crippen molar-refractivity contribution >= 4 is 17.2 Å². The molecule has 3 rings (SSSR count). The monoisotopic (exact) mass is 307 g/mol. The van der Waals surface area contributed by atoms with E-state index in [4.69, 9.17) is 4.42 Å². The first-order valence-electron chi connectivity index (χ1n) is 7.03. The molecule has 1 aliphatic heterocycles. The van der Waals surface area contributed by atoms with Gasteiger partial charge >= 0.3 is 5.76 Å². The van der Waals surface area contributed by atoms with Gasteiger partial charge in [-0.25, -0.2) is 4.79 Å². The number of carbonyl (C=O) groups excluding carboxylic acids is 1. The zero-order chi connectivity index (χ0) is 14.8. The van der Waals surface area contributed by atoms with Crippen molar-refractivity contribution in [1.29, 1.82) is 0 Å². The fourth-order valence-corrected chi connectivity index (χ4v) is 3.19. The summed E-state index contributed by atoms with van der Waals surface area (Å²) in [6, 6.07) is 3.69. The quantitative estimate of drug-likeness (QED) is 0.867. The maximum Gasteiger partial charge on any atom is 0.437 e. The van der Waals surface area contributed by atoms with Crippen LogP contribution in [-0.2, 0) is 11.3 Å². The second-order valence-corrected chi connectivity index (χ2v) is 6.34. The predicted molar refractivity (Wildman–Crippen MR) is 79.1 cm³/mol. The topological polar surface area (TPSA) is 68.3 Å². The van der Waals surface area contributed by atoms with E-state index in [1.807, 2.05) is 17.5 Å². The van der Waals surface area contributed by atoms with Crippen LogP contribution in [0.2, 0.25) is 0 Å². The molecule has 112 valence electrons. The van der Waals surface area contributed by atoms with E-state index in [0.29, 0.717) is 5.92 Å². The number of aromatic nitrogens is 2. The molecule has 1 aliphatic rings. The number of carbonyl (C=O) groups is 1. The molecule has 0 saturated carbocycles. The van der Waals surface area contributed by atoms with Crippen molar-refractivity contribution < 1.29 is 9.21 Å². The van der Waals surface area contributed by atoms with E-state index in [-0.39, 0.29) is 18.3 Å². The van der Waals surface area contributed by atoms with E-state index < -0.39 is 5.76 Å². The average molecular weight is 307 g/mol. The van der Waals surface area contributed by atoms with Gasteiger partial charge < -0.3 is 9.32 Å². The molecular weight excluding hydrogens is 290 g/mol. The van der Waals surface area contributed by atoms with Gasteiger partial charge in [-0.15, -0.1) is 16.4 Å². The molecule has 1 fully saturated rings. The van der Waals surface area contributed by atoms with Gasteiger partial charge in [-0.05, 0) is 30.2 Å². The Labute approximate surface area is 126 Å².